The largest absolute Gasteiger partial charge is 0.443 e. The van der Waals surface area contributed by atoms with Gasteiger partial charge in [0, 0.05) is 18.3 Å². The van der Waals surface area contributed by atoms with Gasteiger partial charge in [0.05, 0.1) is 0 Å². The van der Waals surface area contributed by atoms with E-state index in [9.17, 15) is 4.79 Å². The molecule has 0 N–H and O–H groups in total. The molecule has 0 aliphatic carbocycles. The molecule has 1 unspecified atom stereocenters. The SMILES string of the molecule is CCN(C=C(C)B1CCC(C)C(C)(C)O1)C(=O)OC(C)(C)C. The van der Waals surface area contributed by atoms with E-state index in [1.807, 2.05) is 40.8 Å². The predicted molar refractivity (Wildman–Crippen MR) is 91.9 cm³/mol. The van der Waals surface area contributed by atoms with E-state index >= 15 is 0 Å². The Morgan fingerprint density at radius 1 is 1.45 bits per heavy atom. The molecule has 0 aromatic carbocycles. The summed E-state index contributed by atoms with van der Waals surface area (Å²) in [6, 6.07) is 0. The van der Waals surface area contributed by atoms with Gasteiger partial charge in [-0.3, -0.25) is 4.90 Å². The molecule has 22 heavy (non-hydrogen) atoms. The van der Waals surface area contributed by atoms with Gasteiger partial charge < -0.3 is 9.39 Å². The van der Waals surface area contributed by atoms with E-state index < -0.39 is 5.60 Å². The zero-order valence-electron chi connectivity index (χ0n) is 15.5. The lowest BCUT2D eigenvalue weighted by molar-refractivity contribution is 0.0309. The van der Waals surface area contributed by atoms with Crippen LogP contribution in [0.5, 0.6) is 0 Å². The fourth-order valence-electron chi connectivity index (χ4n) is 2.53. The number of nitrogens with zero attached hydrogens (tertiary/aromatic N) is 1. The second-order valence-electron chi connectivity index (χ2n) is 7.83. The first-order valence-electron chi connectivity index (χ1n) is 8.32. The highest BCUT2D eigenvalue weighted by Gasteiger charge is 2.37. The van der Waals surface area contributed by atoms with E-state index in [2.05, 4.69) is 20.8 Å². The summed E-state index contributed by atoms with van der Waals surface area (Å²) < 4.78 is 11.7. The molecule has 4 nitrogen and oxygen atoms in total. The van der Waals surface area contributed by atoms with Gasteiger partial charge in [-0.25, -0.2) is 4.79 Å². The molecule has 0 saturated carbocycles. The Labute approximate surface area is 136 Å². The Hall–Kier alpha value is -0.965. The van der Waals surface area contributed by atoms with Crippen molar-refractivity contribution in [2.45, 2.75) is 79.3 Å². The minimum Gasteiger partial charge on any atom is -0.443 e. The lowest BCUT2D eigenvalue weighted by Crippen LogP contribution is -2.44. The number of rotatable bonds is 3. The van der Waals surface area contributed by atoms with Crippen LogP contribution in [0.25, 0.3) is 0 Å². The zero-order chi connectivity index (χ0) is 17.1. The number of carbonyl (C=O) groups is 1. The smallest absolute Gasteiger partial charge is 0.414 e. The lowest BCUT2D eigenvalue weighted by atomic mass is 9.53. The lowest BCUT2D eigenvalue weighted by Gasteiger charge is -2.40. The van der Waals surface area contributed by atoms with Crippen molar-refractivity contribution in [2.24, 2.45) is 5.92 Å². The molecule has 1 rings (SSSR count). The maximum Gasteiger partial charge on any atom is 0.414 e. The van der Waals surface area contributed by atoms with Crippen LogP contribution in [0.15, 0.2) is 11.7 Å². The molecular formula is C17H32BNO3. The van der Waals surface area contributed by atoms with Crippen LogP contribution in [0.1, 0.15) is 61.8 Å². The van der Waals surface area contributed by atoms with Crippen LogP contribution in [-0.2, 0) is 9.39 Å². The number of allylic oxidation sites excluding steroid dienone is 1. The van der Waals surface area contributed by atoms with Gasteiger partial charge in [0.2, 0.25) is 0 Å². The minimum absolute atomic E-state index is 0.0719. The third kappa shape index (κ3) is 5.34. The average Bonchev–Trinajstić information content (AvgIpc) is 2.36. The number of ether oxygens (including phenoxy) is 1. The molecule has 5 heteroatoms. The fraction of sp³-hybridized carbons (Fsp3) is 0.824. The Morgan fingerprint density at radius 3 is 2.50 bits per heavy atom. The van der Waals surface area contributed by atoms with Gasteiger partial charge in [0.25, 0.3) is 0 Å². The molecular weight excluding hydrogens is 277 g/mol. The number of hydrogen-bond acceptors (Lipinski definition) is 3. The van der Waals surface area contributed by atoms with Crippen molar-refractivity contribution < 1.29 is 14.2 Å². The summed E-state index contributed by atoms with van der Waals surface area (Å²) in [4.78, 5) is 13.8. The molecule has 1 fully saturated rings. The molecule has 0 aromatic heterocycles. The van der Waals surface area contributed by atoms with E-state index in [-0.39, 0.29) is 18.6 Å². The summed E-state index contributed by atoms with van der Waals surface area (Å²) in [5, 5.41) is 0. The first kappa shape index (κ1) is 19.1. The summed E-state index contributed by atoms with van der Waals surface area (Å²) >= 11 is 0. The molecule has 1 aliphatic rings. The monoisotopic (exact) mass is 309 g/mol. The van der Waals surface area contributed by atoms with Gasteiger partial charge in [-0.05, 0) is 60.7 Å². The van der Waals surface area contributed by atoms with Crippen molar-refractivity contribution in [3.63, 3.8) is 0 Å². The third-order valence-corrected chi connectivity index (χ3v) is 4.33. The highest BCUT2D eigenvalue weighted by molar-refractivity contribution is 6.60. The molecule has 1 amide bonds. The van der Waals surface area contributed by atoms with Crippen LogP contribution in [-0.4, -0.2) is 35.7 Å². The zero-order valence-corrected chi connectivity index (χ0v) is 15.5. The van der Waals surface area contributed by atoms with Gasteiger partial charge >= 0.3 is 13.0 Å². The highest BCUT2D eigenvalue weighted by atomic mass is 16.6. The highest BCUT2D eigenvalue weighted by Crippen LogP contribution is 2.34. The maximum atomic E-state index is 12.2. The van der Waals surface area contributed by atoms with Crippen LogP contribution in [0.4, 0.5) is 4.79 Å². The Morgan fingerprint density at radius 2 is 2.05 bits per heavy atom. The van der Waals surface area contributed by atoms with Crippen LogP contribution < -0.4 is 0 Å². The second-order valence-corrected chi connectivity index (χ2v) is 7.83. The van der Waals surface area contributed by atoms with Gasteiger partial charge in [-0.2, -0.15) is 0 Å². The van der Waals surface area contributed by atoms with Crippen LogP contribution >= 0.6 is 0 Å². The first-order chi connectivity index (χ1) is 9.96. The Kier molecular flexibility index (Phi) is 6.14. The third-order valence-electron chi connectivity index (χ3n) is 4.33. The van der Waals surface area contributed by atoms with Crippen LogP contribution in [0, 0.1) is 5.92 Å². The van der Waals surface area contributed by atoms with E-state index in [0.717, 1.165) is 18.2 Å². The number of carbonyl (C=O) groups excluding carboxylic acids is 1. The molecule has 0 spiro atoms. The van der Waals surface area contributed by atoms with E-state index in [1.54, 1.807) is 4.90 Å². The molecule has 1 saturated heterocycles. The summed E-state index contributed by atoms with van der Waals surface area (Å²) in [5.41, 5.74) is 0.471. The van der Waals surface area contributed by atoms with Crippen LogP contribution in [0.3, 0.4) is 0 Å². The van der Waals surface area contributed by atoms with Crippen molar-refractivity contribution in [2.75, 3.05) is 6.54 Å². The van der Waals surface area contributed by atoms with E-state index in [0.29, 0.717) is 12.5 Å². The quantitative estimate of drug-likeness (QED) is 0.720. The van der Waals surface area contributed by atoms with Crippen molar-refractivity contribution in [3.8, 4) is 0 Å². The van der Waals surface area contributed by atoms with Gasteiger partial charge in [-0.15, -0.1) is 0 Å². The summed E-state index contributed by atoms with van der Waals surface area (Å²) in [7, 11) is 0. The van der Waals surface area contributed by atoms with Crippen molar-refractivity contribution >= 4 is 13.0 Å². The van der Waals surface area contributed by atoms with Gasteiger partial charge in [-0.1, -0.05) is 18.8 Å². The van der Waals surface area contributed by atoms with Crippen molar-refractivity contribution in [1.29, 1.82) is 0 Å². The summed E-state index contributed by atoms with van der Waals surface area (Å²) in [5.74, 6) is 0.546. The van der Waals surface area contributed by atoms with E-state index in [4.69, 9.17) is 9.39 Å². The van der Waals surface area contributed by atoms with Crippen LogP contribution in [0.2, 0.25) is 6.32 Å². The predicted octanol–water partition coefficient (Wildman–Crippen LogP) is 4.51. The second kappa shape index (κ2) is 7.07. The maximum absolute atomic E-state index is 12.2. The van der Waals surface area contributed by atoms with Crippen molar-refractivity contribution in [3.05, 3.63) is 11.7 Å². The number of hydrogen-bond donors (Lipinski definition) is 0. The van der Waals surface area contributed by atoms with Gasteiger partial charge in [0.1, 0.15) is 5.60 Å². The molecule has 1 heterocycles. The molecule has 1 aliphatic heterocycles. The Bertz CT molecular complexity index is 426. The molecule has 1 atom stereocenters. The minimum atomic E-state index is -0.481. The fourth-order valence-corrected chi connectivity index (χ4v) is 2.53. The first-order valence-corrected chi connectivity index (χ1v) is 8.32. The number of amides is 1. The molecule has 126 valence electrons. The topological polar surface area (TPSA) is 38.8 Å². The molecule has 0 radical (unpaired) electrons. The standard InChI is InChI=1S/C17H32BNO3/c1-9-19(15(20)21-16(4,5)6)12-14(3)18-11-10-13(2)17(7,8)22-18/h12-13H,9-11H2,1-8H3. The average molecular weight is 309 g/mol. The normalized spacial score (nSPS) is 22.5. The molecule has 0 aromatic rings. The van der Waals surface area contributed by atoms with Crippen molar-refractivity contribution in [1.82, 2.24) is 4.90 Å². The molecule has 0 bridgehead atoms. The summed E-state index contributed by atoms with van der Waals surface area (Å²) in [6.45, 7) is 16.8. The van der Waals surface area contributed by atoms with Gasteiger partial charge in [0.15, 0.2) is 0 Å². The van der Waals surface area contributed by atoms with E-state index in [1.165, 1.54) is 0 Å². The Balaban J connectivity index is 2.79. The summed E-state index contributed by atoms with van der Waals surface area (Å²) in [6.07, 6.45) is 3.71.